The Balaban J connectivity index is 1.51. The second kappa shape index (κ2) is 9.16. The second-order valence-electron chi connectivity index (χ2n) is 6.33. The molecule has 7 heteroatoms. The quantitative estimate of drug-likeness (QED) is 0.744. The smallest absolute Gasteiger partial charge is 0.309 e. The number of carbonyl (C=O) groups is 2. The highest BCUT2D eigenvalue weighted by Crippen LogP contribution is 2.26. The van der Waals surface area contributed by atoms with E-state index in [2.05, 4.69) is 27.0 Å². The number of rotatable bonds is 6. The molecule has 3 rings (SSSR count). The number of benzene rings is 1. The van der Waals surface area contributed by atoms with E-state index in [1.807, 2.05) is 17.5 Å². The molecular weight excluding hydrogens is 370 g/mol. The van der Waals surface area contributed by atoms with Crippen LogP contribution in [0.3, 0.4) is 0 Å². The topological polar surface area (TPSA) is 61.4 Å². The summed E-state index contributed by atoms with van der Waals surface area (Å²) in [5, 5.41) is 10.2. The minimum Gasteiger partial charge on any atom is -0.346 e. The molecule has 26 heavy (non-hydrogen) atoms. The molecule has 1 fully saturated rings. The highest BCUT2D eigenvalue weighted by molar-refractivity contribution is 7.08. The van der Waals surface area contributed by atoms with Gasteiger partial charge in [0.2, 0.25) is 0 Å². The zero-order valence-electron chi connectivity index (χ0n) is 14.4. The van der Waals surface area contributed by atoms with E-state index < -0.39 is 11.8 Å². The molecule has 2 heterocycles. The molecule has 1 aliphatic heterocycles. The highest BCUT2D eigenvalue weighted by Gasteiger charge is 2.25. The summed E-state index contributed by atoms with van der Waals surface area (Å²) in [7, 11) is 0. The van der Waals surface area contributed by atoms with E-state index in [-0.39, 0.29) is 6.04 Å². The minimum absolute atomic E-state index is 0.122. The average Bonchev–Trinajstić information content (AvgIpc) is 3.35. The molecule has 1 aliphatic rings. The Hall–Kier alpha value is -1.89. The molecule has 0 radical (unpaired) electrons. The van der Waals surface area contributed by atoms with Crippen molar-refractivity contribution in [3.63, 3.8) is 0 Å². The Morgan fingerprint density at radius 2 is 1.77 bits per heavy atom. The Labute approximate surface area is 162 Å². The lowest BCUT2D eigenvalue weighted by molar-refractivity contribution is -0.139. The van der Waals surface area contributed by atoms with Gasteiger partial charge in [-0.05, 0) is 66.0 Å². The van der Waals surface area contributed by atoms with Gasteiger partial charge in [0.05, 0.1) is 6.04 Å². The number of hydrogen-bond donors (Lipinski definition) is 2. The maximum atomic E-state index is 12.1. The average molecular weight is 392 g/mol. The van der Waals surface area contributed by atoms with Gasteiger partial charge in [0, 0.05) is 18.1 Å². The number of amides is 2. The fourth-order valence-corrected chi connectivity index (χ4v) is 3.94. The van der Waals surface area contributed by atoms with Crippen LogP contribution in [-0.2, 0) is 16.1 Å². The third-order valence-corrected chi connectivity index (χ3v) is 5.49. The molecule has 0 bridgehead atoms. The van der Waals surface area contributed by atoms with Crippen LogP contribution in [0.4, 0.5) is 0 Å². The van der Waals surface area contributed by atoms with Gasteiger partial charge in [-0.1, -0.05) is 23.7 Å². The van der Waals surface area contributed by atoms with Crippen molar-refractivity contribution in [3.05, 3.63) is 57.2 Å². The lowest BCUT2D eigenvalue weighted by atomic mass is 10.1. The van der Waals surface area contributed by atoms with E-state index >= 15 is 0 Å². The summed E-state index contributed by atoms with van der Waals surface area (Å²) in [6.07, 6.45) is 2.35. The molecule has 1 saturated heterocycles. The summed E-state index contributed by atoms with van der Waals surface area (Å²) in [4.78, 5) is 26.6. The Morgan fingerprint density at radius 1 is 1.08 bits per heavy atom. The number of thiophene rings is 1. The van der Waals surface area contributed by atoms with E-state index in [0.29, 0.717) is 18.1 Å². The Bertz CT molecular complexity index is 728. The first kappa shape index (κ1) is 18.9. The van der Waals surface area contributed by atoms with Crippen LogP contribution in [0.25, 0.3) is 0 Å². The fraction of sp³-hybridized carbons (Fsp3) is 0.368. The van der Waals surface area contributed by atoms with Gasteiger partial charge in [-0.15, -0.1) is 0 Å². The van der Waals surface area contributed by atoms with Crippen LogP contribution in [0.2, 0.25) is 5.02 Å². The van der Waals surface area contributed by atoms with Gasteiger partial charge in [0.25, 0.3) is 0 Å². The van der Waals surface area contributed by atoms with E-state index in [1.54, 1.807) is 23.5 Å². The molecule has 1 aromatic carbocycles. The Morgan fingerprint density at radius 3 is 2.42 bits per heavy atom. The molecule has 2 N–H and O–H groups in total. The molecule has 0 saturated carbocycles. The zero-order valence-corrected chi connectivity index (χ0v) is 16.0. The normalized spacial score (nSPS) is 15.6. The molecule has 2 aromatic rings. The second-order valence-corrected chi connectivity index (χ2v) is 7.55. The van der Waals surface area contributed by atoms with Gasteiger partial charge in [-0.2, -0.15) is 11.3 Å². The van der Waals surface area contributed by atoms with Crippen molar-refractivity contribution in [1.82, 2.24) is 15.5 Å². The lowest BCUT2D eigenvalue weighted by Gasteiger charge is -2.27. The van der Waals surface area contributed by atoms with Crippen molar-refractivity contribution in [2.24, 2.45) is 0 Å². The molecule has 0 unspecified atom stereocenters. The van der Waals surface area contributed by atoms with Gasteiger partial charge in [0.1, 0.15) is 0 Å². The van der Waals surface area contributed by atoms with Gasteiger partial charge >= 0.3 is 11.8 Å². The van der Waals surface area contributed by atoms with E-state index in [4.69, 9.17) is 11.6 Å². The summed E-state index contributed by atoms with van der Waals surface area (Å²) in [6.45, 7) is 2.78. The molecule has 0 aliphatic carbocycles. The molecular formula is C19H22ClN3O2S. The van der Waals surface area contributed by atoms with Crippen LogP contribution in [0, 0.1) is 0 Å². The van der Waals surface area contributed by atoms with Crippen LogP contribution >= 0.6 is 22.9 Å². The van der Waals surface area contributed by atoms with E-state index in [9.17, 15) is 9.59 Å². The minimum atomic E-state index is -0.620. The summed E-state index contributed by atoms with van der Waals surface area (Å²) in [5.41, 5.74) is 2.09. The predicted octanol–water partition coefficient (Wildman–Crippen LogP) is 2.97. The zero-order chi connectivity index (χ0) is 18.4. The fourth-order valence-electron chi connectivity index (χ4n) is 3.11. The third kappa shape index (κ3) is 5.06. The molecule has 1 aromatic heterocycles. The molecule has 5 nitrogen and oxygen atoms in total. The maximum Gasteiger partial charge on any atom is 0.309 e. The van der Waals surface area contributed by atoms with Crippen LogP contribution in [0.1, 0.15) is 30.0 Å². The molecule has 1 atom stereocenters. The van der Waals surface area contributed by atoms with Crippen LogP contribution in [-0.4, -0.2) is 36.3 Å². The summed E-state index contributed by atoms with van der Waals surface area (Å²) >= 11 is 7.48. The van der Waals surface area contributed by atoms with E-state index in [1.165, 1.54) is 18.4 Å². The van der Waals surface area contributed by atoms with E-state index in [0.717, 1.165) is 18.7 Å². The number of halogens is 1. The SMILES string of the molecule is O=C(NCc1ccc(Cl)cc1)C(=O)NC[C@H](c1ccsc1)N1CCCC1. The number of nitrogens with one attached hydrogen (secondary N) is 2. The van der Waals surface area contributed by atoms with Gasteiger partial charge in [-0.25, -0.2) is 0 Å². The maximum absolute atomic E-state index is 12.1. The van der Waals surface area contributed by atoms with Crippen LogP contribution in [0.5, 0.6) is 0 Å². The number of carbonyl (C=O) groups excluding carboxylic acids is 2. The van der Waals surface area contributed by atoms with Crippen molar-refractivity contribution in [2.45, 2.75) is 25.4 Å². The van der Waals surface area contributed by atoms with Gasteiger partial charge < -0.3 is 10.6 Å². The third-order valence-electron chi connectivity index (χ3n) is 4.54. The monoisotopic (exact) mass is 391 g/mol. The first-order valence-corrected chi connectivity index (χ1v) is 10.0. The van der Waals surface area contributed by atoms with Crippen molar-refractivity contribution in [1.29, 1.82) is 0 Å². The van der Waals surface area contributed by atoms with Crippen molar-refractivity contribution < 1.29 is 9.59 Å². The Kier molecular flexibility index (Phi) is 6.66. The highest BCUT2D eigenvalue weighted by atomic mass is 35.5. The first-order valence-electron chi connectivity index (χ1n) is 8.70. The van der Waals surface area contributed by atoms with Crippen LogP contribution in [0.15, 0.2) is 41.1 Å². The number of likely N-dealkylation sites (tertiary alicyclic amines) is 1. The lowest BCUT2D eigenvalue weighted by Crippen LogP contribution is -2.43. The van der Waals surface area contributed by atoms with Gasteiger partial charge in [-0.3, -0.25) is 14.5 Å². The number of hydrogen-bond acceptors (Lipinski definition) is 4. The summed E-state index contributed by atoms with van der Waals surface area (Å²) in [6, 6.07) is 9.35. The van der Waals surface area contributed by atoms with Crippen LogP contribution < -0.4 is 10.6 Å². The van der Waals surface area contributed by atoms with Gasteiger partial charge in [0.15, 0.2) is 0 Å². The van der Waals surface area contributed by atoms with Crippen molar-refractivity contribution in [3.8, 4) is 0 Å². The summed E-state index contributed by atoms with van der Waals surface area (Å²) in [5.74, 6) is -1.22. The summed E-state index contributed by atoms with van der Waals surface area (Å²) < 4.78 is 0. The molecule has 2 amide bonds. The first-order chi connectivity index (χ1) is 12.6. The number of nitrogens with zero attached hydrogens (tertiary/aromatic N) is 1. The largest absolute Gasteiger partial charge is 0.346 e. The standard InChI is InChI=1S/C19H22ClN3O2S/c20-16-5-3-14(4-6-16)11-21-18(24)19(25)22-12-17(15-7-10-26-13-15)23-8-1-2-9-23/h3-7,10,13,17H,1-2,8-9,11-12H2,(H,21,24)(H,22,25)/t17-/m1/s1. The predicted molar refractivity (Wildman–Crippen MR) is 104 cm³/mol. The molecule has 138 valence electrons. The van der Waals surface area contributed by atoms with Crippen molar-refractivity contribution >= 4 is 34.8 Å². The van der Waals surface area contributed by atoms with Crippen molar-refractivity contribution in [2.75, 3.05) is 19.6 Å². The molecule has 0 spiro atoms.